The van der Waals surface area contributed by atoms with Crippen molar-refractivity contribution in [2.75, 3.05) is 31.2 Å². The van der Waals surface area contributed by atoms with Crippen molar-refractivity contribution < 1.29 is 4.74 Å². The van der Waals surface area contributed by atoms with Crippen LogP contribution < -0.4 is 4.90 Å². The molecule has 0 saturated carbocycles. The summed E-state index contributed by atoms with van der Waals surface area (Å²) >= 11 is 4.62. The van der Waals surface area contributed by atoms with E-state index in [1.165, 1.54) is 11.1 Å². The molecule has 0 spiro atoms. The van der Waals surface area contributed by atoms with E-state index in [0.717, 1.165) is 72.8 Å². The molecular formula is C26H28N4OS. The van der Waals surface area contributed by atoms with Gasteiger partial charge < -0.3 is 14.5 Å². The first kappa shape index (κ1) is 20.9. The Balaban J connectivity index is 1.43. The Kier molecular flexibility index (Phi) is 5.81. The van der Waals surface area contributed by atoms with Crippen molar-refractivity contribution in [3.8, 4) is 0 Å². The van der Waals surface area contributed by atoms with Crippen LogP contribution in [0.3, 0.4) is 0 Å². The lowest BCUT2D eigenvalue weighted by atomic mass is 10.0. The van der Waals surface area contributed by atoms with Crippen LogP contribution in [0.15, 0.2) is 73.4 Å². The Morgan fingerprint density at radius 2 is 2.09 bits per heavy atom. The molecule has 0 radical (unpaired) electrons. The fourth-order valence-electron chi connectivity index (χ4n) is 4.39. The SMILES string of the molecule is C=C1C=C(c2cn(S)c3ncc(N4CCCOCC4)cc23)C=CN1Cc1cccc(C)c1. The Labute approximate surface area is 194 Å². The van der Waals surface area contributed by atoms with E-state index in [2.05, 4.69) is 84.8 Å². The molecule has 1 fully saturated rings. The number of fused-ring (bicyclic) bond motifs is 1. The van der Waals surface area contributed by atoms with Gasteiger partial charge in [-0.2, -0.15) is 0 Å². The second kappa shape index (κ2) is 8.88. The van der Waals surface area contributed by atoms with Crippen LogP contribution in [0, 0.1) is 6.92 Å². The maximum atomic E-state index is 5.62. The third kappa shape index (κ3) is 4.20. The van der Waals surface area contributed by atoms with Gasteiger partial charge in [-0.15, -0.1) is 0 Å². The van der Waals surface area contributed by atoms with E-state index >= 15 is 0 Å². The number of thiol groups is 1. The Hall–Kier alpha value is -2.96. The van der Waals surface area contributed by atoms with Gasteiger partial charge in [-0.25, -0.2) is 4.98 Å². The van der Waals surface area contributed by atoms with Crippen LogP contribution in [-0.4, -0.2) is 40.2 Å². The molecule has 0 amide bonds. The van der Waals surface area contributed by atoms with Gasteiger partial charge in [0.1, 0.15) is 0 Å². The van der Waals surface area contributed by atoms with E-state index in [4.69, 9.17) is 9.72 Å². The number of nitrogens with zero attached hydrogens (tertiary/aromatic N) is 4. The summed E-state index contributed by atoms with van der Waals surface area (Å²) < 4.78 is 7.42. The molecule has 1 saturated heterocycles. The van der Waals surface area contributed by atoms with E-state index in [-0.39, 0.29) is 0 Å². The van der Waals surface area contributed by atoms with Crippen LogP contribution in [0.5, 0.6) is 0 Å². The molecule has 0 aliphatic carbocycles. The summed E-state index contributed by atoms with van der Waals surface area (Å²) in [5.74, 6) is 0. The van der Waals surface area contributed by atoms with E-state index < -0.39 is 0 Å². The molecule has 5 nitrogen and oxygen atoms in total. The maximum absolute atomic E-state index is 5.62. The summed E-state index contributed by atoms with van der Waals surface area (Å²) in [5, 5.41) is 1.10. The minimum atomic E-state index is 0.753. The van der Waals surface area contributed by atoms with Crippen molar-refractivity contribution in [2.45, 2.75) is 19.9 Å². The largest absolute Gasteiger partial charge is 0.380 e. The lowest BCUT2D eigenvalue weighted by molar-refractivity contribution is 0.152. The summed E-state index contributed by atoms with van der Waals surface area (Å²) in [7, 11) is 0. The van der Waals surface area contributed by atoms with Crippen molar-refractivity contribution in [3.05, 3.63) is 90.0 Å². The van der Waals surface area contributed by atoms with Gasteiger partial charge in [-0.05, 0) is 42.7 Å². The summed E-state index contributed by atoms with van der Waals surface area (Å²) in [6, 6.07) is 10.8. The summed E-state index contributed by atoms with van der Waals surface area (Å²) in [5.41, 5.74) is 7.73. The van der Waals surface area contributed by atoms with Gasteiger partial charge in [0, 0.05) is 55.3 Å². The highest BCUT2D eigenvalue weighted by atomic mass is 32.1. The Morgan fingerprint density at radius 3 is 2.94 bits per heavy atom. The maximum Gasteiger partial charge on any atom is 0.150 e. The molecule has 2 aliphatic rings. The molecule has 6 heteroatoms. The van der Waals surface area contributed by atoms with Crippen molar-refractivity contribution in [3.63, 3.8) is 0 Å². The molecule has 2 aliphatic heterocycles. The molecule has 0 bridgehead atoms. The topological polar surface area (TPSA) is 33.5 Å². The third-order valence-corrected chi connectivity index (χ3v) is 6.37. The predicted octanol–water partition coefficient (Wildman–Crippen LogP) is 5.19. The minimum absolute atomic E-state index is 0.753. The van der Waals surface area contributed by atoms with Crippen LogP contribution in [-0.2, 0) is 11.3 Å². The number of pyridine rings is 1. The quantitative estimate of drug-likeness (QED) is 0.562. The van der Waals surface area contributed by atoms with Gasteiger partial charge in [0.15, 0.2) is 5.65 Å². The Bertz CT molecular complexity index is 1220. The van der Waals surface area contributed by atoms with Gasteiger partial charge in [0.2, 0.25) is 0 Å². The molecule has 0 unspecified atom stereocenters. The smallest absolute Gasteiger partial charge is 0.150 e. The first-order valence-corrected chi connectivity index (χ1v) is 11.4. The molecule has 5 rings (SSSR count). The zero-order chi connectivity index (χ0) is 22.1. The van der Waals surface area contributed by atoms with Crippen LogP contribution in [0.4, 0.5) is 5.69 Å². The Morgan fingerprint density at radius 1 is 1.19 bits per heavy atom. The second-order valence-electron chi connectivity index (χ2n) is 8.43. The summed E-state index contributed by atoms with van der Waals surface area (Å²) in [6.45, 7) is 10.7. The molecule has 3 aromatic rings. The molecule has 0 atom stereocenters. The fourth-order valence-corrected chi connectivity index (χ4v) is 4.67. The monoisotopic (exact) mass is 444 g/mol. The molecular weight excluding hydrogens is 416 g/mol. The predicted molar refractivity (Wildman–Crippen MR) is 135 cm³/mol. The van der Waals surface area contributed by atoms with Gasteiger partial charge in [-0.1, -0.05) is 49.2 Å². The first-order chi connectivity index (χ1) is 15.6. The minimum Gasteiger partial charge on any atom is -0.380 e. The third-order valence-electron chi connectivity index (χ3n) is 6.07. The molecule has 4 heterocycles. The number of hydrogen-bond acceptors (Lipinski definition) is 5. The van der Waals surface area contributed by atoms with Crippen molar-refractivity contribution in [1.82, 2.24) is 13.9 Å². The van der Waals surface area contributed by atoms with Crippen LogP contribution in [0.25, 0.3) is 16.6 Å². The summed E-state index contributed by atoms with van der Waals surface area (Å²) in [4.78, 5) is 9.25. The molecule has 2 aromatic heterocycles. The highest BCUT2D eigenvalue weighted by Gasteiger charge is 2.18. The van der Waals surface area contributed by atoms with Crippen LogP contribution in [0.2, 0.25) is 0 Å². The molecule has 1 aromatic carbocycles. The highest BCUT2D eigenvalue weighted by molar-refractivity contribution is 7.78. The standard InChI is InChI=1S/C26H28N4OS/c1-19-5-3-6-21(13-19)17-29-9-7-22(14-20(29)2)25-18-30(32)26-24(25)15-23(16-27-26)28-8-4-11-31-12-10-28/h3,5-7,9,13-16,18,32H,2,4,8,10-12,17H2,1H3. The zero-order valence-corrected chi connectivity index (χ0v) is 19.3. The van der Waals surface area contributed by atoms with E-state index in [1.807, 2.05) is 12.4 Å². The van der Waals surface area contributed by atoms with Crippen LogP contribution in [0.1, 0.15) is 23.1 Å². The van der Waals surface area contributed by atoms with E-state index in [1.54, 1.807) is 3.97 Å². The highest BCUT2D eigenvalue weighted by Crippen LogP contribution is 2.33. The number of aryl methyl sites for hydroxylation is 1. The zero-order valence-electron chi connectivity index (χ0n) is 18.4. The van der Waals surface area contributed by atoms with Crippen molar-refractivity contribution in [2.24, 2.45) is 0 Å². The average molecular weight is 445 g/mol. The number of benzene rings is 1. The van der Waals surface area contributed by atoms with Gasteiger partial charge in [0.25, 0.3) is 0 Å². The number of anilines is 1. The number of rotatable bonds is 4. The van der Waals surface area contributed by atoms with E-state index in [0.29, 0.717) is 0 Å². The molecule has 0 N–H and O–H groups in total. The number of allylic oxidation sites excluding steroid dienone is 3. The fraction of sp³-hybridized carbons (Fsp3) is 0.269. The molecule has 32 heavy (non-hydrogen) atoms. The van der Waals surface area contributed by atoms with Crippen molar-refractivity contribution in [1.29, 1.82) is 0 Å². The number of hydrogen-bond donors (Lipinski definition) is 1. The first-order valence-electron chi connectivity index (χ1n) is 11.0. The lowest BCUT2D eigenvalue weighted by Crippen LogP contribution is -2.25. The molecule has 164 valence electrons. The second-order valence-corrected chi connectivity index (χ2v) is 8.86. The van der Waals surface area contributed by atoms with Gasteiger partial charge in [-0.3, -0.25) is 3.97 Å². The van der Waals surface area contributed by atoms with Gasteiger partial charge >= 0.3 is 0 Å². The lowest BCUT2D eigenvalue weighted by Gasteiger charge is -2.25. The summed E-state index contributed by atoms with van der Waals surface area (Å²) in [6.07, 6.45) is 11.4. The number of aromatic nitrogens is 2. The normalized spacial score (nSPS) is 17.1. The average Bonchev–Trinajstić information content (AvgIpc) is 2.95. The van der Waals surface area contributed by atoms with Crippen molar-refractivity contribution >= 4 is 35.1 Å². The number of ether oxygens (including phenoxy) is 1. The van der Waals surface area contributed by atoms with Crippen LogP contribution >= 0.6 is 12.8 Å². The van der Waals surface area contributed by atoms with E-state index in [9.17, 15) is 0 Å². The van der Waals surface area contributed by atoms with Gasteiger partial charge in [0.05, 0.1) is 18.5 Å².